The van der Waals surface area contributed by atoms with Gasteiger partial charge in [0.1, 0.15) is 16.8 Å². The van der Waals surface area contributed by atoms with Crippen LogP contribution >= 0.6 is 0 Å². The summed E-state index contributed by atoms with van der Waals surface area (Å²) in [6.07, 6.45) is 12.8. The summed E-state index contributed by atoms with van der Waals surface area (Å²) in [5, 5.41) is 10.0. The molecule has 0 spiro atoms. The van der Waals surface area contributed by atoms with Gasteiger partial charge in [0.25, 0.3) is 0 Å². The number of para-hydroxylation sites is 3. The largest absolute Gasteiger partial charge is 0.371 e. The third-order valence-electron chi connectivity index (χ3n) is 24.4. The molecule has 0 radical (unpaired) electrons. The Hall–Kier alpha value is -8.78. The molecule has 92 heavy (non-hydrogen) atoms. The van der Waals surface area contributed by atoms with E-state index >= 15 is 0 Å². The van der Waals surface area contributed by atoms with Crippen LogP contribution in [-0.2, 0) is 31.0 Å². The fourth-order valence-electron chi connectivity index (χ4n) is 20.3. The molecule has 0 aromatic heterocycles. The number of methoxy groups -OCH3 is 3. The van der Waals surface area contributed by atoms with Gasteiger partial charge in [-0.05, 0) is 226 Å². The molecule has 6 heteroatoms. The lowest BCUT2D eigenvalue weighted by Crippen LogP contribution is -2.57. The summed E-state index contributed by atoms with van der Waals surface area (Å²) in [5.74, 6) is 0. The van der Waals surface area contributed by atoms with Gasteiger partial charge in [0, 0.05) is 72.1 Å². The summed E-state index contributed by atoms with van der Waals surface area (Å²) in [4.78, 5) is 7.89. The highest BCUT2D eigenvalue weighted by atomic mass is 16.5. The number of fused-ring (bicyclic) bond motifs is 10. The molecule has 6 atom stereocenters. The molecule has 3 aliphatic carbocycles. The fourth-order valence-corrected chi connectivity index (χ4v) is 20.3. The molecule has 12 aromatic rings. The highest BCUT2D eigenvalue weighted by molar-refractivity contribution is 6.32. The highest BCUT2D eigenvalue weighted by Gasteiger charge is 2.64. The maximum absolute atomic E-state index is 7.08. The van der Waals surface area contributed by atoms with Crippen LogP contribution in [0.3, 0.4) is 0 Å². The van der Waals surface area contributed by atoms with Crippen LogP contribution in [-0.4, -0.2) is 37.9 Å². The molecule has 12 aromatic carbocycles. The topological polar surface area (TPSA) is 37.4 Å². The summed E-state index contributed by atoms with van der Waals surface area (Å²) in [5.41, 5.74) is 18.5. The van der Waals surface area contributed by atoms with Crippen LogP contribution in [0.4, 0.5) is 34.1 Å². The van der Waals surface area contributed by atoms with Gasteiger partial charge in [-0.25, -0.2) is 0 Å². The molecule has 18 rings (SSSR count). The van der Waals surface area contributed by atoms with Crippen LogP contribution in [0.15, 0.2) is 224 Å². The van der Waals surface area contributed by atoms with Crippen molar-refractivity contribution >= 4 is 77.2 Å². The Labute approximate surface area is 541 Å². The summed E-state index contributed by atoms with van der Waals surface area (Å²) in [6, 6.07) is 86.1. The Balaban J connectivity index is 0.942. The van der Waals surface area contributed by atoms with E-state index in [1.807, 2.05) is 21.3 Å². The Morgan fingerprint density at radius 3 is 1.12 bits per heavy atom. The molecule has 0 bridgehead atoms. The van der Waals surface area contributed by atoms with Crippen molar-refractivity contribution in [1.29, 1.82) is 0 Å². The molecule has 0 N–H and O–H groups in total. The molecular weight excluding hydrogens is 1120 g/mol. The second-order valence-corrected chi connectivity index (χ2v) is 28.3. The van der Waals surface area contributed by atoms with Gasteiger partial charge in [-0.3, -0.25) is 0 Å². The molecule has 6 unspecified atom stereocenters. The zero-order valence-electron chi connectivity index (χ0n) is 53.9. The van der Waals surface area contributed by atoms with Crippen LogP contribution in [0.2, 0.25) is 0 Å². The first-order chi connectivity index (χ1) is 45.0. The van der Waals surface area contributed by atoms with E-state index < -0.39 is 16.8 Å². The lowest BCUT2D eigenvalue weighted by atomic mass is 9.68. The first kappa shape index (κ1) is 56.0. The highest BCUT2D eigenvalue weighted by Crippen LogP contribution is 2.66. The molecule has 0 saturated heterocycles. The van der Waals surface area contributed by atoms with Gasteiger partial charge in [-0.2, -0.15) is 0 Å². The maximum Gasteiger partial charge on any atom is 0.118 e. The second kappa shape index (κ2) is 20.4. The van der Waals surface area contributed by atoms with E-state index in [0.717, 1.165) is 77.0 Å². The average Bonchev–Trinajstić information content (AvgIpc) is 1.26. The smallest absolute Gasteiger partial charge is 0.118 e. The van der Waals surface area contributed by atoms with Crippen molar-refractivity contribution in [3.63, 3.8) is 0 Å². The van der Waals surface area contributed by atoms with E-state index in [0.29, 0.717) is 0 Å². The van der Waals surface area contributed by atoms with Gasteiger partial charge in [-0.1, -0.05) is 184 Å². The van der Waals surface area contributed by atoms with E-state index in [9.17, 15) is 0 Å². The minimum atomic E-state index is -0.517. The van der Waals surface area contributed by atoms with Gasteiger partial charge in [-0.15, -0.1) is 0 Å². The first-order valence-electron chi connectivity index (χ1n) is 34.0. The van der Waals surface area contributed by atoms with Crippen molar-refractivity contribution in [2.45, 2.75) is 131 Å². The van der Waals surface area contributed by atoms with Gasteiger partial charge in [0.2, 0.25) is 0 Å². The zero-order valence-corrected chi connectivity index (χ0v) is 53.9. The number of ether oxygens (including phenoxy) is 3. The molecule has 3 heterocycles. The minimum Gasteiger partial charge on any atom is -0.371 e. The van der Waals surface area contributed by atoms with Crippen LogP contribution in [0.5, 0.6) is 0 Å². The van der Waals surface area contributed by atoms with Crippen LogP contribution in [0.25, 0.3) is 87.6 Å². The van der Waals surface area contributed by atoms with Gasteiger partial charge >= 0.3 is 0 Å². The van der Waals surface area contributed by atoms with E-state index in [1.54, 1.807) is 0 Å². The van der Waals surface area contributed by atoms with Crippen LogP contribution < -0.4 is 14.7 Å². The van der Waals surface area contributed by atoms with Crippen molar-refractivity contribution in [3.8, 4) is 44.5 Å². The minimum absolute atomic E-state index is 0.280. The number of rotatable bonds is 10. The Bertz CT molecular complexity index is 4800. The number of nitrogens with zero attached hydrogens (tertiary/aromatic N) is 3. The molecule has 6 nitrogen and oxygen atoms in total. The van der Waals surface area contributed by atoms with E-state index in [-0.39, 0.29) is 16.6 Å². The predicted molar refractivity (Wildman–Crippen MR) is 382 cm³/mol. The number of benzene rings is 12. The van der Waals surface area contributed by atoms with Crippen molar-refractivity contribution in [2.75, 3.05) is 36.0 Å². The summed E-state index contributed by atoms with van der Waals surface area (Å²) >= 11 is 0. The Morgan fingerprint density at radius 1 is 0.283 bits per heavy atom. The van der Waals surface area contributed by atoms with E-state index in [4.69, 9.17) is 14.2 Å². The van der Waals surface area contributed by atoms with Crippen molar-refractivity contribution in [2.24, 2.45) is 0 Å². The van der Waals surface area contributed by atoms with E-state index in [2.05, 4.69) is 260 Å². The Morgan fingerprint density at radius 2 is 0.652 bits per heavy atom. The average molecular weight is 1200 g/mol. The van der Waals surface area contributed by atoms with Gasteiger partial charge in [0.05, 0.1) is 16.6 Å². The quantitative estimate of drug-likeness (QED) is 0.127. The number of hydrogen-bond donors (Lipinski definition) is 0. The van der Waals surface area contributed by atoms with Gasteiger partial charge in [0.15, 0.2) is 0 Å². The van der Waals surface area contributed by atoms with Crippen LogP contribution in [0, 0.1) is 0 Å². The molecule has 6 aliphatic rings. The van der Waals surface area contributed by atoms with Crippen molar-refractivity contribution in [3.05, 3.63) is 241 Å². The number of hydrogen-bond acceptors (Lipinski definition) is 6. The molecule has 456 valence electrons. The normalized spacial score (nSPS) is 25.5. The zero-order chi connectivity index (χ0) is 61.9. The molecule has 3 aliphatic heterocycles. The molecular formula is C86H79N3O3. The molecule has 0 amide bonds. The van der Waals surface area contributed by atoms with E-state index in [1.165, 1.54) is 138 Å². The molecule has 3 fully saturated rings. The summed E-state index contributed by atoms with van der Waals surface area (Å²) < 4.78 is 21.1. The SMILES string of the molecule is COC12CCCCC1(C)N(c1ccccc1)c1cc(-c3cc(-c4cccc5ccccc45)c4ccc5c(-c6ccc7c(c6)C6(OC)CCCCC6(C)N7c6ccccc6)cc(-c6ccc7c(c6)C6(OC)CCCCC6(C)N7c6ccccc6)c6ccc3c4c65)ccc12. The van der Waals surface area contributed by atoms with Gasteiger partial charge < -0.3 is 28.9 Å². The first-order valence-corrected chi connectivity index (χ1v) is 34.0. The second-order valence-electron chi connectivity index (χ2n) is 28.3. The Kier molecular flexibility index (Phi) is 12.4. The fraction of sp³-hybridized carbons (Fsp3) is 0.279. The maximum atomic E-state index is 7.08. The van der Waals surface area contributed by atoms with Crippen molar-refractivity contribution in [1.82, 2.24) is 0 Å². The number of anilines is 6. The summed E-state index contributed by atoms with van der Waals surface area (Å²) in [7, 11) is 5.88. The lowest BCUT2D eigenvalue weighted by molar-refractivity contribution is -0.0872. The summed E-state index contributed by atoms with van der Waals surface area (Å²) in [6.45, 7) is 7.38. The third kappa shape index (κ3) is 7.27. The lowest BCUT2D eigenvalue weighted by Gasteiger charge is -2.50. The third-order valence-corrected chi connectivity index (χ3v) is 24.4. The predicted octanol–water partition coefficient (Wildman–Crippen LogP) is 22.4. The standard InChI is InChI=1S/C86H79N3O3/c1-81-45-18-21-48-84(81,90-4)73-42-35-59(53-78(73)89(81)62-31-14-9-15-32-62)71-55-72(64-34-24-26-56-25-16-17-33-63(56)64)68-41-40-66-70(58-37-44-77-75(52-58)86(92-6)50-23-20-47-83(86,3)88(77)61-29-12-8-13-30-61)54-69(65-38-39-67(71)80(68)79(65)66)57-36-43-76-74(51-57)85(91-5)49-22-19-46-82(85,2)87(76)60-27-10-7-11-28-60/h7-17,24-44,51-55H,18-23,45-50H2,1-6H3. The monoisotopic (exact) mass is 1200 g/mol. The molecule has 3 saturated carbocycles. The van der Waals surface area contributed by atoms with Crippen LogP contribution in [0.1, 0.15) is 115 Å². The van der Waals surface area contributed by atoms with Crippen molar-refractivity contribution < 1.29 is 14.2 Å².